The van der Waals surface area contributed by atoms with Gasteiger partial charge in [0.15, 0.2) is 6.10 Å². The summed E-state index contributed by atoms with van der Waals surface area (Å²) < 4.78 is 38.5. The molecule has 156 valence electrons. The second-order valence-electron chi connectivity index (χ2n) is 6.83. The van der Waals surface area contributed by atoms with Crippen molar-refractivity contribution >= 4 is 21.6 Å². The van der Waals surface area contributed by atoms with Gasteiger partial charge in [0.1, 0.15) is 5.75 Å². The van der Waals surface area contributed by atoms with Crippen molar-refractivity contribution in [3.8, 4) is 5.75 Å². The van der Waals surface area contributed by atoms with Crippen LogP contribution < -0.4 is 14.8 Å². The van der Waals surface area contributed by atoms with E-state index in [-0.39, 0.29) is 23.5 Å². The summed E-state index contributed by atoms with van der Waals surface area (Å²) in [5.41, 5.74) is 0.503. The fraction of sp³-hybridized carbons (Fsp3) is 0.381. The second-order valence-corrected chi connectivity index (χ2v) is 8.60. The normalized spacial score (nSPS) is 17.6. The molecule has 0 spiro atoms. The van der Waals surface area contributed by atoms with Crippen molar-refractivity contribution in [3.63, 3.8) is 0 Å². The monoisotopic (exact) mass is 418 g/mol. The molecule has 1 amide bonds. The first kappa shape index (κ1) is 21.3. The minimum absolute atomic E-state index is 0.0704. The minimum Gasteiger partial charge on any atom is -0.481 e. The number of para-hydroxylation sites is 1. The number of ether oxygens (including phenoxy) is 2. The number of hydrogen-bond acceptors (Lipinski definition) is 5. The highest BCUT2D eigenvalue weighted by molar-refractivity contribution is 7.89. The van der Waals surface area contributed by atoms with Gasteiger partial charge in [-0.2, -0.15) is 0 Å². The Morgan fingerprint density at radius 1 is 1.17 bits per heavy atom. The highest BCUT2D eigenvalue weighted by Crippen LogP contribution is 2.18. The molecule has 0 aromatic heterocycles. The summed E-state index contributed by atoms with van der Waals surface area (Å²) in [7, 11) is -3.62. The predicted octanol–water partition coefficient (Wildman–Crippen LogP) is 2.94. The smallest absolute Gasteiger partial charge is 0.265 e. The van der Waals surface area contributed by atoms with Crippen LogP contribution in [0.2, 0.25) is 0 Å². The molecule has 0 saturated carbocycles. The summed E-state index contributed by atoms with van der Waals surface area (Å²) in [6.45, 7) is 2.80. The van der Waals surface area contributed by atoms with Crippen LogP contribution in [-0.2, 0) is 19.6 Å². The van der Waals surface area contributed by atoms with E-state index in [0.29, 0.717) is 24.5 Å². The van der Waals surface area contributed by atoms with E-state index >= 15 is 0 Å². The van der Waals surface area contributed by atoms with Crippen LogP contribution in [0.25, 0.3) is 0 Å². The molecule has 3 rings (SSSR count). The molecule has 2 atom stereocenters. The van der Waals surface area contributed by atoms with Crippen LogP contribution in [0.3, 0.4) is 0 Å². The first-order chi connectivity index (χ1) is 14.0. The number of rotatable bonds is 9. The first-order valence-electron chi connectivity index (χ1n) is 9.72. The van der Waals surface area contributed by atoms with Gasteiger partial charge in [0, 0.05) is 18.8 Å². The number of hydrogen-bond donors (Lipinski definition) is 2. The number of benzene rings is 2. The van der Waals surface area contributed by atoms with Crippen molar-refractivity contribution in [1.82, 2.24) is 4.72 Å². The summed E-state index contributed by atoms with van der Waals surface area (Å²) in [4.78, 5) is 12.6. The van der Waals surface area contributed by atoms with Crippen molar-refractivity contribution in [2.75, 3.05) is 18.5 Å². The average molecular weight is 419 g/mol. The Bertz CT molecular complexity index is 894. The van der Waals surface area contributed by atoms with E-state index in [0.717, 1.165) is 12.8 Å². The van der Waals surface area contributed by atoms with Gasteiger partial charge in [-0.1, -0.05) is 25.1 Å². The van der Waals surface area contributed by atoms with Crippen LogP contribution >= 0.6 is 0 Å². The maximum absolute atomic E-state index is 12.5. The molecule has 0 aliphatic carbocycles. The van der Waals surface area contributed by atoms with Gasteiger partial charge in [-0.05, 0) is 55.7 Å². The Hall–Kier alpha value is -2.42. The largest absolute Gasteiger partial charge is 0.481 e. The van der Waals surface area contributed by atoms with E-state index in [9.17, 15) is 13.2 Å². The summed E-state index contributed by atoms with van der Waals surface area (Å²) >= 11 is 0. The van der Waals surface area contributed by atoms with Gasteiger partial charge in [0.25, 0.3) is 5.91 Å². The van der Waals surface area contributed by atoms with Crippen LogP contribution in [0, 0.1) is 0 Å². The van der Waals surface area contributed by atoms with Gasteiger partial charge in [-0.3, -0.25) is 4.79 Å². The van der Waals surface area contributed by atoms with E-state index in [2.05, 4.69) is 10.0 Å². The maximum Gasteiger partial charge on any atom is 0.265 e. The molecule has 2 aromatic rings. The molecule has 7 nitrogen and oxygen atoms in total. The second kappa shape index (κ2) is 9.87. The van der Waals surface area contributed by atoms with Crippen LogP contribution in [-0.4, -0.2) is 39.7 Å². The Balaban J connectivity index is 1.58. The van der Waals surface area contributed by atoms with Crippen LogP contribution in [0.5, 0.6) is 5.75 Å². The molecule has 1 aliphatic heterocycles. The summed E-state index contributed by atoms with van der Waals surface area (Å²) in [6, 6.07) is 15.2. The highest BCUT2D eigenvalue weighted by atomic mass is 32.2. The quantitative estimate of drug-likeness (QED) is 0.653. The van der Waals surface area contributed by atoms with Crippen LogP contribution in [0.15, 0.2) is 59.5 Å². The number of sulfonamides is 1. The number of amides is 1. The molecule has 1 saturated heterocycles. The lowest BCUT2D eigenvalue weighted by Crippen LogP contribution is -2.32. The Labute approximate surface area is 171 Å². The SMILES string of the molecule is CC[C@@H](Oc1ccccc1)C(=O)Nc1ccc(S(=O)(=O)NC[C@H]2CCCO2)cc1. The van der Waals surface area contributed by atoms with Gasteiger partial charge in [0.2, 0.25) is 10.0 Å². The fourth-order valence-electron chi connectivity index (χ4n) is 3.02. The van der Waals surface area contributed by atoms with Crippen molar-refractivity contribution in [3.05, 3.63) is 54.6 Å². The summed E-state index contributed by atoms with van der Waals surface area (Å²) in [5, 5.41) is 2.77. The van der Waals surface area contributed by atoms with Crippen LogP contribution in [0.1, 0.15) is 26.2 Å². The van der Waals surface area contributed by atoms with Gasteiger partial charge in [0.05, 0.1) is 11.0 Å². The molecule has 0 bridgehead atoms. The van der Waals surface area contributed by atoms with Crippen molar-refractivity contribution in [1.29, 1.82) is 0 Å². The fourth-order valence-corrected chi connectivity index (χ4v) is 4.08. The third kappa shape index (κ3) is 6.03. The van der Waals surface area contributed by atoms with Crippen molar-refractivity contribution in [2.24, 2.45) is 0 Å². The molecule has 1 aliphatic rings. The average Bonchev–Trinajstić information content (AvgIpc) is 3.25. The van der Waals surface area contributed by atoms with Gasteiger partial charge in [-0.25, -0.2) is 13.1 Å². The molecule has 1 heterocycles. The highest BCUT2D eigenvalue weighted by Gasteiger charge is 2.21. The molecule has 1 fully saturated rings. The van der Waals surface area contributed by atoms with E-state index < -0.39 is 16.1 Å². The molecular formula is C21H26N2O5S. The molecule has 2 aromatic carbocycles. The zero-order valence-corrected chi connectivity index (χ0v) is 17.2. The number of anilines is 1. The molecule has 8 heteroatoms. The Morgan fingerprint density at radius 3 is 2.52 bits per heavy atom. The van der Waals surface area contributed by atoms with Gasteiger partial charge < -0.3 is 14.8 Å². The number of carbonyl (C=O) groups is 1. The third-order valence-electron chi connectivity index (χ3n) is 4.64. The van der Waals surface area contributed by atoms with E-state index in [1.165, 1.54) is 12.1 Å². The minimum atomic E-state index is -3.62. The first-order valence-corrected chi connectivity index (χ1v) is 11.2. The topological polar surface area (TPSA) is 93.7 Å². The third-order valence-corrected chi connectivity index (χ3v) is 6.08. The lowest BCUT2D eigenvalue weighted by Gasteiger charge is -2.17. The zero-order valence-electron chi connectivity index (χ0n) is 16.3. The molecule has 0 radical (unpaired) electrons. The van der Waals surface area contributed by atoms with E-state index in [1.807, 2.05) is 25.1 Å². The molecule has 29 heavy (non-hydrogen) atoms. The Morgan fingerprint density at radius 2 is 1.90 bits per heavy atom. The maximum atomic E-state index is 12.5. The van der Waals surface area contributed by atoms with E-state index in [4.69, 9.17) is 9.47 Å². The zero-order chi connectivity index (χ0) is 20.7. The lowest BCUT2D eigenvalue weighted by molar-refractivity contribution is -0.122. The summed E-state index contributed by atoms with van der Waals surface area (Å²) in [5.74, 6) is 0.330. The Kier molecular flexibility index (Phi) is 7.24. The molecule has 2 N–H and O–H groups in total. The standard InChI is InChI=1S/C21H26N2O5S/c1-2-20(28-17-7-4-3-5-8-17)21(24)23-16-10-12-19(13-11-16)29(25,26)22-15-18-9-6-14-27-18/h3-5,7-8,10-13,18,20,22H,2,6,9,14-15H2,1H3,(H,23,24)/t18-,20-/m1/s1. The van der Waals surface area contributed by atoms with Gasteiger partial charge in [-0.15, -0.1) is 0 Å². The molecule has 0 unspecified atom stereocenters. The van der Waals surface area contributed by atoms with Crippen molar-refractivity contribution in [2.45, 2.75) is 43.3 Å². The number of carbonyl (C=O) groups excluding carboxylic acids is 1. The van der Waals surface area contributed by atoms with Crippen molar-refractivity contribution < 1.29 is 22.7 Å². The van der Waals surface area contributed by atoms with E-state index in [1.54, 1.807) is 24.3 Å². The predicted molar refractivity (Wildman–Crippen MR) is 110 cm³/mol. The number of nitrogens with one attached hydrogen (secondary N) is 2. The summed E-state index contributed by atoms with van der Waals surface area (Å²) in [6.07, 6.45) is 1.60. The van der Waals surface area contributed by atoms with Crippen LogP contribution in [0.4, 0.5) is 5.69 Å². The molecular weight excluding hydrogens is 392 g/mol. The lowest BCUT2D eigenvalue weighted by atomic mass is 10.2. The van der Waals surface area contributed by atoms with Gasteiger partial charge >= 0.3 is 0 Å².